The lowest BCUT2D eigenvalue weighted by atomic mass is 9.97. The number of benzene rings is 3. The van der Waals surface area contributed by atoms with Gasteiger partial charge in [-0.15, -0.1) is 0 Å². The van der Waals surface area contributed by atoms with E-state index in [0.29, 0.717) is 13.2 Å². The fraction of sp³-hybridized carbons (Fsp3) is 0.280. The van der Waals surface area contributed by atoms with E-state index in [4.69, 9.17) is 9.47 Å². The summed E-state index contributed by atoms with van der Waals surface area (Å²) in [6, 6.07) is 21.4. The Kier molecular flexibility index (Phi) is 5.26. The molecule has 3 aromatic carbocycles. The highest BCUT2D eigenvalue weighted by atomic mass is 16.5. The molecule has 0 bridgehead atoms. The summed E-state index contributed by atoms with van der Waals surface area (Å²) in [4.78, 5) is 0. The summed E-state index contributed by atoms with van der Waals surface area (Å²) in [5.74, 6) is 1.04. The molecule has 0 radical (unpaired) electrons. The van der Waals surface area contributed by atoms with Crippen LogP contribution in [0.4, 0.5) is 0 Å². The fourth-order valence-corrected chi connectivity index (χ4v) is 4.05. The van der Waals surface area contributed by atoms with Crippen LogP contribution in [0.5, 0.6) is 5.75 Å². The molecule has 2 nitrogen and oxygen atoms in total. The van der Waals surface area contributed by atoms with Crippen LogP contribution in [-0.4, -0.2) is 7.11 Å². The molecule has 0 N–H and O–H groups in total. The van der Waals surface area contributed by atoms with Gasteiger partial charge >= 0.3 is 0 Å². The average molecular weight is 358 g/mol. The molecule has 0 atom stereocenters. The molecule has 27 heavy (non-hydrogen) atoms. The Morgan fingerprint density at radius 1 is 0.815 bits per heavy atom. The third-order valence-corrected chi connectivity index (χ3v) is 5.51. The first-order valence-corrected chi connectivity index (χ1v) is 9.67. The second-order valence-electron chi connectivity index (χ2n) is 7.22. The molecule has 4 rings (SSSR count). The monoisotopic (exact) mass is 358 g/mol. The van der Waals surface area contributed by atoms with Crippen molar-refractivity contribution in [2.45, 2.75) is 39.4 Å². The maximum absolute atomic E-state index is 6.41. The SMILES string of the molecule is COCc1ccc2c(c1OCc1cccc(-c3ccccc3)c1C)CCC2. The maximum atomic E-state index is 6.41. The van der Waals surface area contributed by atoms with Crippen LogP contribution in [0.15, 0.2) is 60.7 Å². The molecule has 138 valence electrons. The van der Waals surface area contributed by atoms with Gasteiger partial charge in [-0.2, -0.15) is 0 Å². The van der Waals surface area contributed by atoms with E-state index in [2.05, 4.69) is 67.6 Å². The standard InChI is InChI=1S/C25H26O2/c1-18-21(11-7-12-23(18)19-8-4-3-5-9-19)17-27-25-22(16-26-2)15-14-20-10-6-13-24(20)25/h3-5,7-9,11-12,14-15H,6,10,13,16-17H2,1-2H3. The van der Waals surface area contributed by atoms with E-state index < -0.39 is 0 Å². The predicted octanol–water partition coefficient (Wildman–Crippen LogP) is 5.88. The van der Waals surface area contributed by atoms with Crippen LogP contribution in [0.25, 0.3) is 11.1 Å². The van der Waals surface area contributed by atoms with Gasteiger partial charge < -0.3 is 9.47 Å². The van der Waals surface area contributed by atoms with E-state index in [1.807, 2.05) is 0 Å². The molecule has 2 heteroatoms. The molecular weight excluding hydrogens is 332 g/mol. The molecule has 0 unspecified atom stereocenters. The van der Waals surface area contributed by atoms with E-state index in [-0.39, 0.29) is 0 Å². The number of rotatable bonds is 6. The highest BCUT2D eigenvalue weighted by Crippen LogP contribution is 2.35. The van der Waals surface area contributed by atoms with Crippen molar-refractivity contribution >= 4 is 0 Å². The van der Waals surface area contributed by atoms with Gasteiger partial charge in [0.2, 0.25) is 0 Å². The summed E-state index contributed by atoms with van der Waals surface area (Å²) in [7, 11) is 1.74. The van der Waals surface area contributed by atoms with Crippen LogP contribution in [0.3, 0.4) is 0 Å². The van der Waals surface area contributed by atoms with Gasteiger partial charge in [0.15, 0.2) is 0 Å². The molecule has 0 aliphatic heterocycles. The van der Waals surface area contributed by atoms with E-state index in [1.54, 1.807) is 7.11 Å². The van der Waals surface area contributed by atoms with Crippen molar-refractivity contribution in [2.75, 3.05) is 7.11 Å². The van der Waals surface area contributed by atoms with Gasteiger partial charge in [0.1, 0.15) is 12.4 Å². The summed E-state index contributed by atoms with van der Waals surface area (Å²) in [6.07, 6.45) is 3.47. The third-order valence-electron chi connectivity index (χ3n) is 5.51. The fourth-order valence-electron chi connectivity index (χ4n) is 4.05. The Labute approximate surface area is 161 Å². The van der Waals surface area contributed by atoms with Crippen molar-refractivity contribution < 1.29 is 9.47 Å². The zero-order chi connectivity index (χ0) is 18.6. The molecule has 1 aliphatic rings. The largest absolute Gasteiger partial charge is 0.488 e. The van der Waals surface area contributed by atoms with E-state index in [1.165, 1.54) is 39.8 Å². The van der Waals surface area contributed by atoms with Gasteiger partial charge in [0.25, 0.3) is 0 Å². The number of hydrogen-bond acceptors (Lipinski definition) is 2. The molecule has 0 amide bonds. The lowest BCUT2D eigenvalue weighted by Crippen LogP contribution is -2.05. The molecule has 0 heterocycles. The summed E-state index contributed by atoms with van der Waals surface area (Å²) < 4.78 is 11.8. The smallest absolute Gasteiger partial charge is 0.128 e. The predicted molar refractivity (Wildman–Crippen MR) is 110 cm³/mol. The highest BCUT2D eigenvalue weighted by molar-refractivity contribution is 5.68. The van der Waals surface area contributed by atoms with Crippen LogP contribution >= 0.6 is 0 Å². The first-order valence-electron chi connectivity index (χ1n) is 9.67. The molecule has 3 aromatic rings. The van der Waals surface area contributed by atoms with Gasteiger partial charge in [-0.1, -0.05) is 60.7 Å². The molecular formula is C25H26O2. The molecule has 0 saturated heterocycles. The van der Waals surface area contributed by atoms with Crippen molar-refractivity contribution in [1.82, 2.24) is 0 Å². The Morgan fingerprint density at radius 2 is 1.67 bits per heavy atom. The minimum absolute atomic E-state index is 0.583. The first-order chi connectivity index (χ1) is 13.3. The Morgan fingerprint density at radius 3 is 2.48 bits per heavy atom. The average Bonchev–Trinajstić information content (AvgIpc) is 3.18. The zero-order valence-electron chi connectivity index (χ0n) is 16.1. The van der Waals surface area contributed by atoms with Gasteiger partial charge in [-0.25, -0.2) is 0 Å². The van der Waals surface area contributed by atoms with Crippen molar-refractivity contribution in [3.8, 4) is 16.9 Å². The molecule has 0 spiro atoms. The first kappa shape index (κ1) is 17.8. The number of ether oxygens (including phenoxy) is 2. The lowest BCUT2D eigenvalue weighted by molar-refractivity contribution is 0.179. The normalized spacial score (nSPS) is 12.8. The number of hydrogen-bond donors (Lipinski definition) is 0. The summed E-state index contributed by atoms with van der Waals surface area (Å²) in [5, 5.41) is 0. The van der Waals surface area contributed by atoms with Crippen LogP contribution in [0.1, 0.15) is 34.2 Å². The second kappa shape index (κ2) is 7.98. The molecule has 1 aliphatic carbocycles. The number of fused-ring (bicyclic) bond motifs is 1. The Hall–Kier alpha value is -2.58. The van der Waals surface area contributed by atoms with E-state index in [0.717, 1.165) is 24.2 Å². The van der Waals surface area contributed by atoms with Gasteiger partial charge in [0, 0.05) is 12.7 Å². The molecule has 0 saturated carbocycles. The van der Waals surface area contributed by atoms with Crippen LogP contribution < -0.4 is 4.74 Å². The Bertz CT molecular complexity index is 929. The van der Waals surface area contributed by atoms with Crippen molar-refractivity contribution in [3.63, 3.8) is 0 Å². The Balaban J connectivity index is 1.63. The van der Waals surface area contributed by atoms with E-state index >= 15 is 0 Å². The molecule has 0 aromatic heterocycles. The summed E-state index contributed by atoms with van der Waals surface area (Å²) >= 11 is 0. The number of methoxy groups -OCH3 is 1. The number of aryl methyl sites for hydroxylation is 1. The van der Waals surface area contributed by atoms with E-state index in [9.17, 15) is 0 Å². The second-order valence-corrected chi connectivity index (χ2v) is 7.22. The minimum atomic E-state index is 0.583. The lowest BCUT2D eigenvalue weighted by Gasteiger charge is -2.17. The topological polar surface area (TPSA) is 18.5 Å². The zero-order valence-corrected chi connectivity index (χ0v) is 16.1. The quantitative estimate of drug-likeness (QED) is 0.548. The highest BCUT2D eigenvalue weighted by Gasteiger charge is 2.19. The van der Waals surface area contributed by atoms with Gasteiger partial charge in [-0.05, 0) is 59.6 Å². The van der Waals surface area contributed by atoms with Crippen LogP contribution in [-0.2, 0) is 30.8 Å². The van der Waals surface area contributed by atoms with Crippen molar-refractivity contribution in [1.29, 1.82) is 0 Å². The minimum Gasteiger partial charge on any atom is -0.488 e. The summed E-state index contributed by atoms with van der Waals surface area (Å²) in [5.41, 5.74) is 8.99. The van der Waals surface area contributed by atoms with Crippen molar-refractivity contribution in [3.05, 3.63) is 88.5 Å². The van der Waals surface area contributed by atoms with Gasteiger partial charge in [-0.3, -0.25) is 0 Å². The van der Waals surface area contributed by atoms with Crippen LogP contribution in [0, 0.1) is 6.92 Å². The maximum Gasteiger partial charge on any atom is 0.128 e. The van der Waals surface area contributed by atoms with Crippen LogP contribution in [0.2, 0.25) is 0 Å². The van der Waals surface area contributed by atoms with Crippen molar-refractivity contribution in [2.24, 2.45) is 0 Å². The molecule has 0 fully saturated rings. The summed E-state index contributed by atoms with van der Waals surface area (Å²) in [6.45, 7) is 3.36. The van der Waals surface area contributed by atoms with Gasteiger partial charge in [0.05, 0.1) is 6.61 Å². The third kappa shape index (κ3) is 3.63.